The molecule has 5 N–H and O–H groups in total. The van der Waals surface area contributed by atoms with E-state index >= 15 is 0 Å². The quantitative estimate of drug-likeness (QED) is 0.581. The van der Waals surface area contributed by atoms with Crippen LogP contribution in [0, 0.1) is 0 Å². The standard InChI is InChI=1S/C11H11NO6/c12-8(11(17)18)4-5-1-2-6(9(13)14)7(3-5)10(15)16/h1-3,8H,4,12H2,(H,13,14)(H,15,16)(H,17,18)/t8-/m1/s1. The molecule has 0 saturated heterocycles. The van der Waals surface area contributed by atoms with Gasteiger partial charge in [-0.05, 0) is 24.1 Å². The predicted octanol–water partition coefficient (Wildman–Crippen LogP) is 0.0374. The van der Waals surface area contributed by atoms with E-state index in [1.165, 1.54) is 6.07 Å². The van der Waals surface area contributed by atoms with Gasteiger partial charge in [0.25, 0.3) is 0 Å². The summed E-state index contributed by atoms with van der Waals surface area (Å²) in [6.45, 7) is 0. The Kier molecular flexibility index (Phi) is 4.01. The van der Waals surface area contributed by atoms with Crippen LogP contribution in [0.3, 0.4) is 0 Å². The highest BCUT2D eigenvalue weighted by Gasteiger charge is 2.18. The molecule has 96 valence electrons. The fourth-order valence-electron chi connectivity index (χ4n) is 1.42. The third-order valence-corrected chi connectivity index (χ3v) is 2.32. The van der Waals surface area contributed by atoms with Crippen molar-refractivity contribution in [3.8, 4) is 0 Å². The summed E-state index contributed by atoms with van der Waals surface area (Å²) in [4.78, 5) is 32.2. The highest BCUT2D eigenvalue weighted by Crippen LogP contribution is 2.14. The maximum atomic E-state index is 10.9. The van der Waals surface area contributed by atoms with Gasteiger partial charge in [-0.3, -0.25) is 4.79 Å². The Labute approximate surface area is 101 Å². The summed E-state index contributed by atoms with van der Waals surface area (Å²) >= 11 is 0. The molecule has 0 aliphatic rings. The van der Waals surface area contributed by atoms with Crippen LogP contribution in [-0.2, 0) is 11.2 Å². The summed E-state index contributed by atoms with van der Waals surface area (Å²) in [5.74, 6) is -3.96. The average molecular weight is 253 g/mol. The fourth-order valence-corrected chi connectivity index (χ4v) is 1.42. The lowest BCUT2D eigenvalue weighted by atomic mass is 10.00. The van der Waals surface area contributed by atoms with Gasteiger partial charge in [0.05, 0.1) is 11.1 Å². The fraction of sp³-hybridized carbons (Fsp3) is 0.182. The van der Waals surface area contributed by atoms with E-state index in [9.17, 15) is 14.4 Å². The number of carboxylic acid groups (broad SMARTS) is 3. The van der Waals surface area contributed by atoms with Crippen molar-refractivity contribution in [3.05, 3.63) is 34.9 Å². The smallest absolute Gasteiger partial charge is 0.336 e. The van der Waals surface area contributed by atoms with E-state index in [1.807, 2.05) is 0 Å². The van der Waals surface area contributed by atoms with E-state index in [1.54, 1.807) is 0 Å². The van der Waals surface area contributed by atoms with Crippen molar-refractivity contribution in [2.75, 3.05) is 0 Å². The average Bonchev–Trinajstić information content (AvgIpc) is 2.28. The van der Waals surface area contributed by atoms with Crippen LogP contribution in [0.4, 0.5) is 0 Å². The van der Waals surface area contributed by atoms with E-state index in [-0.39, 0.29) is 12.0 Å². The van der Waals surface area contributed by atoms with E-state index in [4.69, 9.17) is 21.1 Å². The first-order valence-electron chi connectivity index (χ1n) is 4.91. The summed E-state index contributed by atoms with van der Waals surface area (Å²) < 4.78 is 0. The zero-order valence-electron chi connectivity index (χ0n) is 9.16. The highest BCUT2D eigenvalue weighted by atomic mass is 16.4. The van der Waals surface area contributed by atoms with Gasteiger partial charge < -0.3 is 21.1 Å². The molecule has 1 aromatic carbocycles. The minimum atomic E-state index is -1.39. The lowest BCUT2D eigenvalue weighted by Gasteiger charge is -2.08. The molecule has 0 aliphatic heterocycles. The van der Waals surface area contributed by atoms with Gasteiger partial charge in [0.2, 0.25) is 0 Å². The Morgan fingerprint density at radius 3 is 2.06 bits per heavy atom. The van der Waals surface area contributed by atoms with Gasteiger partial charge in [-0.1, -0.05) is 6.07 Å². The first kappa shape index (κ1) is 13.7. The van der Waals surface area contributed by atoms with Crippen LogP contribution >= 0.6 is 0 Å². The van der Waals surface area contributed by atoms with Crippen molar-refractivity contribution in [1.82, 2.24) is 0 Å². The summed E-state index contributed by atoms with van der Waals surface area (Å²) in [7, 11) is 0. The van der Waals surface area contributed by atoms with Gasteiger partial charge in [0, 0.05) is 0 Å². The zero-order chi connectivity index (χ0) is 13.9. The molecule has 0 bridgehead atoms. The van der Waals surface area contributed by atoms with Crippen LogP contribution in [0.15, 0.2) is 18.2 Å². The summed E-state index contributed by atoms with van der Waals surface area (Å²) in [5.41, 5.74) is 4.92. The molecule has 1 atom stereocenters. The number of carbonyl (C=O) groups is 3. The van der Waals surface area contributed by atoms with Crippen molar-refractivity contribution in [2.45, 2.75) is 12.5 Å². The zero-order valence-corrected chi connectivity index (χ0v) is 9.16. The van der Waals surface area contributed by atoms with E-state index in [2.05, 4.69) is 0 Å². The molecule has 0 amide bonds. The molecule has 0 radical (unpaired) electrons. The minimum Gasteiger partial charge on any atom is -0.480 e. The van der Waals surface area contributed by atoms with E-state index in [0.717, 1.165) is 12.1 Å². The third-order valence-electron chi connectivity index (χ3n) is 2.32. The van der Waals surface area contributed by atoms with Gasteiger partial charge in [-0.15, -0.1) is 0 Å². The minimum absolute atomic E-state index is 0.0739. The van der Waals surface area contributed by atoms with Gasteiger partial charge in [0.1, 0.15) is 6.04 Å². The molecule has 18 heavy (non-hydrogen) atoms. The Bertz CT molecular complexity index is 510. The van der Waals surface area contributed by atoms with Crippen molar-refractivity contribution in [3.63, 3.8) is 0 Å². The van der Waals surface area contributed by atoms with Crippen molar-refractivity contribution >= 4 is 17.9 Å². The van der Waals surface area contributed by atoms with Crippen molar-refractivity contribution < 1.29 is 29.7 Å². The number of rotatable bonds is 5. The molecule has 7 heteroatoms. The Balaban J connectivity index is 3.11. The predicted molar refractivity (Wildman–Crippen MR) is 59.7 cm³/mol. The summed E-state index contributed by atoms with van der Waals surface area (Å²) in [6, 6.07) is 2.42. The number of benzene rings is 1. The molecule has 7 nitrogen and oxygen atoms in total. The molecular formula is C11H11NO6. The Morgan fingerprint density at radius 2 is 1.61 bits per heavy atom. The first-order chi connectivity index (χ1) is 8.32. The molecule has 0 heterocycles. The van der Waals surface area contributed by atoms with Crippen LogP contribution in [0.5, 0.6) is 0 Å². The number of aromatic carboxylic acids is 2. The lowest BCUT2D eigenvalue weighted by Crippen LogP contribution is -2.32. The van der Waals surface area contributed by atoms with E-state index in [0.29, 0.717) is 5.56 Å². The maximum Gasteiger partial charge on any atom is 0.336 e. The molecule has 0 unspecified atom stereocenters. The molecular weight excluding hydrogens is 242 g/mol. The molecule has 1 rings (SSSR count). The van der Waals surface area contributed by atoms with Crippen LogP contribution in [0.25, 0.3) is 0 Å². The van der Waals surface area contributed by atoms with Crippen LogP contribution in [0.2, 0.25) is 0 Å². The normalized spacial score (nSPS) is 11.8. The molecule has 1 aromatic rings. The second-order valence-corrected chi connectivity index (χ2v) is 3.64. The largest absolute Gasteiger partial charge is 0.480 e. The van der Waals surface area contributed by atoms with Gasteiger partial charge in [-0.25, -0.2) is 9.59 Å². The van der Waals surface area contributed by atoms with E-state index < -0.39 is 29.5 Å². The highest BCUT2D eigenvalue weighted by molar-refractivity contribution is 6.01. The Morgan fingerprint density at radius 1 is 1.06 bits per heavy atom. The third kappa shape index (κ3) is 3.05. The first-order valence-corrected chi connectivity index (χ1v) is 4.91. The Hall–Kier alpha value is -2.41. The monoisotopic (exact) mass is 253 g/mol. The number of hydrogen-bond donors (Lipinski definition) is 4. The van der Waals surface area contributed by atoms with Gasteiger partial charge in [-0.2, -0.15) is 0 Å². The molecule has 0 saturated carbocycles. The van der Waals surface area contributed by atoms with Crippen LogP contribution in [0.1, 0.15) is 26.3 Å². The number of carboxylic acids is 3. The summed E-state index contributed by atoms with van der Waals surface area (Å²) in [5, 5.41) is 26.3. The van der Waals surface area contributed by atoms with Gasteiger partial charge >= 0.3 is 17.9 Å². The van der Waals surface area contributed by atoms with Crippen molar-refractivity contribution in [2.24, 2.45) is 5.73 Å². The lowest BCUT2D eigenvalue weighted by molar-refractivity contribution is -0.138. The van der Waals surface area contributed by atoms with Crippen LogP contribution < -0.4 is 5.73 Å². The second-order valence-electron chi connectivity index (χ2n) is 3.64. The number of nitrogens with two attached hydrogens (primary N) is 1. The molecule has 0 spiro atoms. The summed E-state index contributed by atoms with van der Waals surface area (Å²) in [6.07, 6.45) is -0.0739. The molecule has 0 fully saturated rings. The topological polar surface area (TPSA) is 138 Å². The molecule has 0 aliphatic carbocycles. The molecule has 0 aromatic heterocycles. The van der Waals surface area contributed by atoms with Crippen LogP contribution in [-0.4, -0.2) is 39.3 Å². The number of aliphatic carboxylic acids is 1. The maximum absolute atomic E-state index is 10.9. The second kappa shape index (κ2) is 5.28. The van der Waals surface area contributed by atoms with Gasteiger partial charge in [0.15, 0.2) is 0 Å². The number of hydrogen-bond acceptors (Lipinski definition) is 4. The van der Waals surface area contributed by atoms with Crippen molar-refractivity contribution in [1.29, 1.82) is 0 Å². The SMILES string of the molecule is N[C@H](Cc1ccc(C(=O)O)c(C(=O)O)c1)C(=O)O.